The van der Waals surface area contributed by atoms with E-state index >= 15 is 0 Å². The van der Waals surface area contributed by atoms with E-state index in [0.717, 1.165) is 15.8 Å². The Morgan fingerprint density at radius 2 is 1.79 bits per heavy atom. The summed E-state index contributed by atoms with van der Waals surface area (Å²) in [5.74, 6) is -0.579. The van der Waals surface area contributed by atoms with Crippen LogP contribution < -0.4 is 5.32 Å². The minimum Gasteiger partial charge on any atom is -0.292 e. The summed E-state index contributed by atoms with van der Waals surface area (Å²) < 4.78 is 55.8. The number of aromatic nitrogens is 6. The number of carbonyl (C=O) groups excluding carboxylic acids is 1. The topological polar surface area (TPSA) is 90.5 Å². The number of pyridine rings is 1. The molecule has 172 valence electrons. The van der Waals surface area contributed by atoms with Crippen LogP contribution in [0.3, 0.4) is 0 Å². The van der Waals surface area contributed by atoms with Gasteiger partial charge in [0, 0.05) is 5.56 Å². The molecule has 3 aromatic heterocycles. The van der Waals surface area contributed by atoms with Gasteiger partial charge >= 0.3 is 0 Å². The van der Waals surface area contributed by atoms with Crippen molar-refractivity contribution in [1.82, 2.24) is 29.5 Å². The average Bonchev–Trinajstić information content (AvgIpc) is 3.32. The molecule has 12 heteroatoms. The van der Waals surface area contributed by atoms with Crippen LogP contribution in [0.25, 0.3) is 11.0 Å². The third kappa shape index (κ3) is 4.83. The van der Waals surface area contributed by atoms with Crippen molar-refractivity contribution < 1.29 is 22.4 Å². The lowest BCUT2D eigenvalue weighted by atomic mass is 10.1. The quantitative estimate of drug-likeness (QED) is 0.417. The lowest BCUT2D eigenvalue weighted by molar-refractivity contribution is -0.116. The highest BCUT2D eigenvalue weighted by atomic mass is 19.3. The number of hydrogen-bond acceptors (Lipinski definition) is 5. The fraction of sp³-hybridized carbons (Fsp3) is 0.286. The van der Waals surface area contributed by atoms with Crippen molar-refractivity contribution in [2.75, 3.05) is 5.32 Å². The van der Waals surface area contributed by atoms with Crippen molar-refractivity contribution in [2.24, 2.45) is 0 Å². The number of amides is 1. The molecule has 0 radical (unpaired) electrons. The van der Waals surface area contributed by atoms with E-state index in [1.807, 2.05) is 31.2 Å². The van der Waals surface area contributed by atoms with Gasteiger partial charge in [0.05, 0.1) is 17.6 Å². The first-order chi connectivity index (χ1) is 15.7. The summed E-state index contributed by atoms with van der Waals surface area (Å²) in [6.07, 6.45) is -4.60. The van der Waals surface area contributed by atoms with Crippen molar-refractivity contribution in [3.05, 3.63) is 64.7 Å². The first-order valence-corrected chi connectivity index (χ1v) is 9.90. The van der Waals surface area contributed by atoms with Crippen LogP contribution >= 0.6 is 0 Å². The first kappa shape index (κ1) is 22.4. The molecular weight excluding hydrogens is 442 g/mol. The van der Waals surface area contributed by atoms with Gasteiger partial charge in [0.2, 0.25) is 11.9 Å². The normalized spacial score (nSPS) is 11.6. The summed E-state index contributed by atoms with van der Waals surface area (Å²) in [5, 5.41) is 10.7. The molecule has 1 N–H and O–H groups in total. The molecule has 8 nitrogen and oxygen atoms in total. The molecule has 0 saturated heterocycles. The highest BCUT2D eigenvalue weighted by Gasteiger charge is 2.24. The SMILES string of the molecule is Cc1ccc(Cn2cnc(NC(=O)Cn3nc(C)c4c(C(F)F)cc(C(F)F)nc43)n2)cc1. The summed E-state index contributed by atoms with van der Waals surface area (Å²) in [5.41, 5.74) is 0.655. The van der Waals surface area contributed by atoms with Crippen LogP contribution in [0.15, 0.2) is 36.7 Å². The molecule has 0 spiro atoms. The smallest absolute Gasteiger partial charge is 0.280 e. The molecule has 0 atom stereocenters. The predicted molar refractivity (Wildman–Crippen MR) is 111 cm³/mol. The summed E-state index contributed by atoms with van der Waals surface area (Å²) >= 11 is 0. The van der Waals surface area contributed by atoms with Crippen molar-refractivity contribution >= 4 is 22.9 Å². The van der Waals surface area contributed by atoms with Gasteiger partial charge in [-0.15, -0.1) is 5.10 Å². The molecule has 0 unspecified atom stereocenters. The van der Waals surface area contributed by atoms with E-state index in [1.165, 1.54) is 13.3 Å². The third-order valence-electron chi connectivity index (χ3n) is 4.93. The monoisotopic (exact) mass is 461 g/mol. The molecule has 0 aliphatic heterocycles. The molecule has 0 fully saturated rings. The second-order valence-corrected chi connectivity index (χ2v) is 7.48. The molecule has 1 amide bonds. The van der Waals surface area contributed by atoms with Crippen LogP contribution in [0.2, 0.25) is 0 Å². The van der Waals surface area contributed by atoms with Gasteiger partial charge in [-0.2, -0.15) is 5.10 Å². The second kappa shape index (κ2) is 8.96. The number of benzene rings is 1. The maximum Gasteiger partial charge on any atom is 0.280 e. The van der Waals surface area contributed by atoms with E-state index in [-0.39, 0.29) is 22.7 Å². The molecule has 3 heterocycles. The first-order valence-electron chi connectivity index (χ1n) is 9.90. The third-order valence-corrected chi connectivity index (χ3v) is 4.93. The Hall–Kier alpha value is -3.83. The lowest BCUT2D eigenvalue weighted by Gasteiger charge is -2.08. The van der Waals surface area contributed by atoms with E-state index < -0.39 is 36.6 Å². The van der Waals surface area contributed by atoms with Crippen LogP contribution in [0.1, 0.15) is 40.9 Å². The number of aryl methyl sites for hydroxylation is 2. The number of halogens is 4. The van der Waals surface area contributed by atoms with Crippen LogP contribution in [0.4, 0.5) is 23.5 Å². The molecular formula is C21H19F4N7O. The number of carbonyl (C=O) groups is 1. The molecule has 0 saturated carbocycles. The Morgan fingerprint density at radius 3 is 2.45 bits per heavy atom. The second-order valence-electron chi connectivity index (χ2n) is 7.48. The Bertz CT molecular complexity index is 1300. The van der Waals surface area contributed by atoms with Crippen LogP contribution in [-0.2, 0) is 17.9 Å². The molecule has 4 rings (SSSR count). The van der Waals surface area contributed by atoms with Crippen molar-refractivity contribution in [3.8, 4) is 0 Å². The predicted octanol–water partition coefficient (Wildman–Crippen LogP) is 4.20. The fourth-order valence-electron chi connectivity index (χ4n) is 3.41. The van der Waals surface area contributed by atoms with Crippen molar-refractivity contribution in [1.29, 1.82) is 0 Å². The fourth-order valence-corrected chi connectivity index (χ4v) is 3.41. The number of hydrogen-bond donors (Lipinski definition) is 1. The Morgan fingerprint density at radius 1 is 1.06 bits per heavy atom. The zero-order chi connectivity index (χ0) is 23.7. The highest BCUT2D eigenvalue weighted by molar-refractivity contribution is 5.90. The summed E-state index contributed by atoms with van der Waals surface area (Å²) in [6.45, 7) is 3.43. The standard InChI is InChI=1S/C21H19F4N7O/c1-11-3-5-13(6-4-11)8-31-10-26-21(30-31)28-16(33)9-32-20-17(12(2)29-32)14(18(22)23)7-15(27-20)19(24)25/h3-7,10,18-19H,8-9H2,1-2H3,(H,28,30,33). The highest BCUT2D eigenvalue weighted by Crippen LogP contribution is 2.32. The van der Waals surface area contributed by atoms with Crippen molar-refractivity contribution in [3.63, 3.8) is 0 Å². The molecule has 4 aromatic rings. The van der Waals surface area contributed by atoms with Gasteiger partial charge in [0.15, 0.2) is 5.65 Å². The Labute approximate surface area is 185 Å². The van der Waals surface area contributed by atoms with E-state index in [1.54, 1.807) is 4.68 Å². The summed E-state index contributed by atoms with van der Waals surface area (Å²) in [7, 11) is 0. The van der Waals surface area contributed by atoms with Gasteiger partial charge in [0.25, 0.3) is 12.9 Å². The summed E-state index contributed by atoms with van der Waals surface area (Å²) in [6, 6.07) is 8.52. The zero-order valence-electron chi connectivity index (χ0n) is 17.6. The van der Waals surface area contributed by atoms with Crippen LogP contribution in [0, 0.1) is 13.8 Å². The van der Waals surface area contributed by atoms with Gasteiger partial charge in [-0.1, -0.05) is 29.8 Å². The number of nitrogens with one attached hydrogen (secondary N) is 1. The number of fused-ring (bicyclic) bond motifs is 1. The minimum absolute atomic E-state index is 0.0368. The van der Waals surface area contributed by atoms with Gasteiger partial charge in [-0.3, -0.25) is 10.1 Å². The zero-order valence-corrected chi connectivity index (χ0v) is 17.6. The number of anilines is 1. The van der Waals surface area contributed by atoms with E-state index in [2.05, 4.69) is 25.5 Å². The largest absolute Gasteiger partial charge is 0.292 e. The van der Waals surface area contributed by atoms with E-state index in [0.29, 0.717) is 12.6 Å². The Balaban J connectivity index is 1.52. The minimum atomic E-state index is -3.05. The lowest BCUT2D eigenvalue weighted by Crippen LogP contribution is -2.21. The maximum atomic E-state index is 13.5. The van der Waals surface area contributed by atoms with Crippen LogP contribution in [0.5, 0.6) is 0 Å². The Kier molecular flexibility index (Phi) is 6.07. The van der Waals surface area contributed by atoms with Gasteiger partial charge in [0.1, 0.15) is 18.6 Å². The number of alkyl halides is 4. The molecule has 0 aliphatic rings. The maximum absolute atomic E-state index is 13.5. The van der Waals surface area contributed by atoms with Crippen molar-refractivity contribution in [2.45, 2.75) is 39.8 Å². The molecule has 0 aliphatic carbocycles. The molecule has 1 aromatic carbocycles. The van der Waals surface area contributed by atoms with Gasteiger partial charge < -0.3 is 0 Å². The number of rotatable bonds is 7. The van der Waals surface area contributed by atoms with E-state index in [4.69, 9.17) is 0 Å². The van der Waals surface area contributed by atoms with Gasteiger partial charge in [-0.05, 0) is 25.5 Å². The molecule has 0 bridgehead atoms. The summed E-state index contributed by atoms with van der Waals surface area (Å²) in [4.78, 5) is 20.3. The number of nitrogens with zero attached hydrogens (tertiary/aromatic N) is 6. The van der Waals surface area contributed by atoms with Crippen LogP contribution in [-0.4, -0.2) is 35.4 Å². The van der Waals surface area contributed by atoms with Gasteiger partial charge in [-0.25, -0.2) is 36.9 Å². The molecule has 33 heavy (non-hydrogen) atoms. The van der Waals surface area contributed by atoms with E-state index in [9.17, 15) is 22.4 Å². The average molecular weight is 461 g/mol.